The minimum absolute atomic E-state index is 0.00684. The molecular weight excluding hydrogens is 532 g/mol. The van der Waals surface area contributed by atoms with Gasteiger partial charge in [-0.15, -0.1) is 5.10 Å². The van der Waals surface area contributed by atoms with Gasteiger partial charge in [0.05, 0.1) is 29.8 Å². The van der Waals surface area contributed by atoms with E-state index in [4.69, 9.17) is 9.47 Å². The zero-order chi connectivity index (χ0) is 28.9. The summed E-state index contributed by atoms with van der Waals surface area (Å²) < 4.78 is 12.2. The molecule has 0 radical (unpaired) electrons. The van der Waals surface area contributed by atoms with Crippen molar-refractivity contribution in [2.45, 2.75) is 6.61 Å². The molecule has 41 heavy (non-hydrogen) atoms. The van der Waals surface area contributed by atoms with Gasteiger partial charge >= 0.3 is 0 Å². The lowest BCUT2D eigenvalue weighted by Gasteiger charge is -2.34. The number of likely N-dealkylation sites (N-methyl/N-ethyl adjacent to an activating group) is 1. The molecule has 0 atom stereocenters. The number of aromatic amines is 1. The number of H-pyrrole nitrogens is 1. The lowest BCUT2D eigenvalue weighted by molar-refractivity contribution is -0.128. The van der Waals surface area contributed by atoms with Crippen LogP contribution in [0.15, 0.2) is 49.1 Å². The summed E-state index contributed by atoms with van der Waals surface area (Å²) in [6.45, 7) is 0.981. The van der Waals surface area contributed by atoms with Gasteiger partial charge in [-0.1, -0.05) is 18.2 Å². The van der Waals surface area contributed by atoms with Gasteiger partial charge in [0.25, 0.3) is 17.6 Å². The molecule has 0 unspecified atom stereocenters. The molecular formula is C27H28N8O6. The summed E-state index contributed by atoms with van der Waals surface area (Å²) >= 11 is 0. The Morgan fingerprint density at radius 3 is 2.46 bits per heavy atom. The van der Waals surface area contributed by atoms with Crippen molar-refractivity contribution in [3.8, 4) is 11.6 Å². The van der Waals surface area contributed by atoms with Gasteiger partial charge < -0.3 is 29.6 Å². The van der Waals surface area contributed by atoms with Crippen molar-refractivity contribution >= 4 is 34.4 Å². The van der Waals surface area contributed by atoms with E-state index in [1.807, 2.05) is 6.07 Å². The van der Waals surface area contributed by atoms with Crippen LogP contribution in [0, 0.1) is 0 Å². The van der Waals surface area contributed by atoms with E-state index in [1.165, 1.54) is 42.5 Å². The Hall–Kier alpha value is -5.11. The topological polar surface area (TPSA) is 165 Å². The Bertz CT molecular complexity index is 1590. The summed E-state index contributed by atoms with van der Waals surface area (Å²) in [5.74, 6) is -0.823. The smallest absolute Gasteiger partial charge is 0.295 e. The first-order valence-corrected chi connectivity index (χ1v) is 12.8. The number of rotatable bonds is 9. The normalized spacial score (nSPS) is 13.3. The monoisotopic (exact) mass is 560 g/mol. The number of nitrogens with zero attached hydrogens (tertiary/aromatic N) is 6. The number of nitrogens with one attached hydrogen (secondary N) is 2. The number of carbonyl (C=O) groups is 4. The highest BCUT2D eigenvalue weighted by Gasteiger charge is 2.31. The van der Waals surface area contributed by atoms with Crippen LogP contribution in [0.3, 0.4) is 0 Å². The quantitative estimate of drug-likeness (QED) is 0.220. The maximum atomic E-state index is 13.4. The molecule has 212 valence electrons. The number of methoxy groups -OCH3 is 1. The van der Waals surface area contributed by atoms with Gasteiger partial charge in [-0.25, -0.2) is 14.6 Å². The van der Waals surface area contributed by atoms with Crippen molar-refractivity contribution in [3.63, 3.8) is 0 Å². The first-order chi connectivity index (χ1) is 19.9. The number of hydrogen-bond acceptors (Lipinski definition) is 9. The lowest BCUT2D eigenvalue weighted by Crippen LogP contribution is -2.52. The molecule has 0 saturated carbocycles. The summed E-state index contributed by atoms with van der Waals surface area (Å²) in [5, 5.41) is 7.18. The van der Waals surface area contributed by atoms with Crippen LogP contribution in [0.2, 0.25) is 0 Å². The molecule has 2 N–H and O–H groups in total. The summed E-state index contributed by atoms with van der Waals surface area (Å²) in [6, 6.07) is 8.94. The van der Waals surface area contributed by atoms with Crippen molar-refractivity contribution in [1.82, 2.24) is 39.8 Å². The number of aromatic nitrogens is 5. The molecule has 0 bridgehead atoms. The molecule has 1 aromatic carbocycles. The fraction of sp³-hybridized carbons (Fsp3) is 0.296. The summed E-state index contributed by atoms with van der Waals surface area (Å²) in [4.78, 5) is 65.5. The van der Waals surface area contributed by atoms with Crippen molar-refractivity contribution in [1.29, 1.82) is 0 Å². The van der Waals surface area contributed by atoms with E-state index >= 15 is 0 Å². The van der Waals surface area contributed by atoms with Crippen LogP contribution in [0.5, 0.6) is 5.75 Å². The second-order valence-electron chi connectivity index (χ2n) is 9.15. The van der Waals surface area contributed by atoms with Gasteiger partial charge in [-0.05, 0) is 12.1 Å². The number of Topliss-reactive ketones (excluding diaryl/α,β-unsaturated/α-hetero) is 1. The minimum atomic E-state index is -0.712. The van der Waals surface area contributed by atoms with E-state index in [9.17, 15) is 19.2 Å². The van der Waals surface area contributed by atoms with Crippen molar-refractivity contribution in [3.05, 3.63) is 66.0 Å². The molecule has 1 aliphatic rings. The predicted molar refractivity (Wildman–Crippen MR) is 145 cm³/mol. The minimum Gasteiger partial charge on any atom is -0.494 e. The first kappa shape index (κ1) is 27.5. The molecule has 3 aromatic heterocycles. The number of carbonyl (C=O) groups excluding carboxylic acids is 4. The predicted octanol–water partition coefficient (Wildman–Crippen LogP) is 0.582. The molecule has 4 heterocycles. The van der Waals surface area contributed by atoms with E-state index in [2.05, 4.69) is 25.4 Å². The maximum Gasteiger partial charge on any atom is 0.295 e. The number of pyridine rings is 1. The second kappa shape index (κ2) is 12.0. The lowest BCUT2D eigenvalue weighted by atomic mass is 10.1. The van der Waals surface area contributed by atoms with Crippen LogP contribution < -0.4 is 10.1 Å². The van der Waals surface area contributed by atoms with E-state index < -0.39 is 11.7 Å². The molecule has 0 spiro atoms. The zero-order valence-electron chi connectivity index (χ0n) is 22.5. The third kappa shape index (κ3) is 5.63. The number of ketones is 1. The second-order valence-corrected chi connectivity index (χ2v) is 9.15. The highest BCUT2D eigenvalue weighted by Crippen LogP contribution is 2.32. The summed E-state index contributed by atoms with van der Waals surface area (Å²) in [7, 11) is 2.96. The fourth-order valence-electron chi connectivity index (χ4n) is 4.52. The van der Waals surface area contributed by atoms with Crippen LogP contribution in [-0.2, 0) is 20.9 Å². The van der Waals surface area contributed by atoms with Crippen LogP contribution >= 0.6 is 0 Å². The van der Waals surface area contributed by atoms with Gasteiger partial charge in [0.2, 0.25) is 5.91 Å². The van der Waals surface area contributed by atoms with Crippen LogP contribution in [0.4, 0.5) is 0 Å². The van der Waals surface area contributed by atoms with E-state index in [1.54, 1.807) is 29.2 Å². The molecule has 14 nitrogen and oxygen atoms in total. The Kier molecular flexibility index (Phi) is 8.01. The molecule has 1 aliphatic heterocycles. The van der Waals surface area contributed by atoms with Crippen LogP contribution in [0.1, 0.15) is 26.5 Å². The number of benzene rings is 1. The number of hydrogen-bond donors (Lipinski definition) is 2. The van der Waals surface area contributed by atoms with E-state index in [-0.39, 0.29) is 43.7 Å². The third-order valence-electron chi connectivity index (χ3n) is 6.69. The average molecular weight is 561 g/mol. The standard InChI is InChI=1S/C27H28N8O6/c1-28-21(36)15-41-14-20-31-16-35(32-20)25-23-22(19(40-2)13-30-25)18(12-29-23)24(37)27(39)34-10-8-33(9-11-34)26(38)17-6-4-3-5-7-17/h3-7,12-13,16,29H,8-11,14-15H2,1-2H3,(H,28,36). The van der Waals surface area contributed by atoms with Crippen molar-refractivity contribution in [2.75, 3.05) is 46.9 Å². The molecule has 5 rings (SSSR count). The SMILES string of the molecule is CNC(=O)COCc1ncn(-c2ncc(OC)c3c(C(=O)C(=O)N4CCN(C(=O)c5ccccc5)CC4)c[nH]c23)n1. The summed E-state index contributed by atoms with van der Waals surface area (Å²) in [5.41, 5.74) is 1.12. The fourth-order valence-corrected chi connectivity index (χ4v) is 4.52. The molecule has 3 amide bonds. The van der Waals surface area contributed by atoms with Gasteiger partial charge in [0.1, 0.15) is 25.3 Å². The molecule has 0 aliphatic carbocycles. The zero-order valence-corrected chi connectivity index (χ0v) is 22.5. The average Bonchev–Trinajstić information content (AvgIpc) is 3.68. The van der Waals surface area contributed by atoms with E-state index in [0.717, 1.165) is 0 Å². The van der Waals surface area contributed by atoms with Gasteiger partial charge in [0.15, 0.2) is 11.6 Å². The maximum absolute atomic E-state index is 13.4. The summed E-state index contributed by atoms with van der Waals surface area (Å²) in [6.07, 6.45) is 4.30. The number of piperazine rings is 1. The highest BCUT2D eigenvalue weighted by molar-refractivity contribution is 6.45. The number of ether oxygens (including phenoxy) is 2. The first-order valence-electron chi connectivity index (χ1n) is 12.8. The Morgan fingerprint density at radius 2 is 1.76 bits per heavy atom. The van der Waals surface area contributed by atoms with E-state index in [0.29, 0.717) is 46.9 Å². The Morgan fingerprint density at radius 1 is 1.02 bits per heavy atom. The van der Waals surface area contributed by atoms with Crippen LogP contribution in [-0.4, -0.2) is 105 Å². The highest BCUT2D eigenvalue weighted by atomic mass is 16.5. The largest absolute Gasteiger partial charge is 0.494 e. The van der Waals surface area contributed by atoms with Crippen LogP contribution in [0.25, 0.3) is 16.7 Å². The molecule has 4 aromatic rings. The van der Waals surface area contributed by atoms with Crippen molar-refractivity contribution in [2.24, 2.45) is 0 Å². The third-order valence-corrected chi connectivity index (χ3v) is 6.69. The molecule has 1 saturated heterocycles. The van der Waals surface area contributed by atoms with Gasteiger partial charge in [-0.3, -0.25) is 19.2 Å². The van der Waals surface area contributed by atoms with Crippen molar-refractivity contribution < 1.29 is 28.7 Å². The number of fused-ring (bicyclic) bond motifs is 1. The van der Waals surface area contributed by atoms with Gasteiger partial charge in [-0.2, -0.15) is 0 Å². The molecule has 14 heteroatoms. The Balaban J connectivity index is 1.32. The van der Waals surface area contributed by atoms with Gasteiger partial charge in [0, 0.05) is 45.0 Å². The Labute approximate surface area is 234 Å². The number of amides is 3. The molecule has 1 fully saturated rings.